The Bertz CT molecular complexity index is 771. The highest BCUT2D eigenvalue weighted by atomic mass is 32.2. The predicted molar refractivity (Wildman–Crippen MR) is 93.9 cm³/mol. The third kappa shape index (κ3) is 3.40. The lowest BCUT2D eigenvalue weighted by atomic mass is 10.1. The van der Waals surface area contributed by atoms with E-state index in [1.165, 1.54) is 0 Å². The summed E-state index contributed by atoms with van der Waals surface area (Å²) < 4.78 is 24.1. The van der Waals surface area contributed by atoms with Crippen molar-refractivity contribution in [2.75, 3.05) is 13.1 Å². The Hall–Kier alpha value is -1.87. The minimum absolute atomic E-state index is 0.401. The van der Waals surface area contributed by atoms with Gasteiger partial charge in [0.1, 0.15) is 11.0 Å². The fraction of sp³-hybridized carbons (Fsp3) is 0.429. The van der Waals surface area contributed by atoms with Crippen molar-refractivity contribution in [3.05, 3.63) is 18.2 Å². The molecule has 0 fully saturated rings. The molecule has 1 aliphatic heterocycles. The van der Waals surface area contributed by atoms with E-state index in [2.05, 4.69) is 30.5 Å². The largest absolute Gasteiger partial charge is 0.270 e. The molecular weight excluding hydrogens is 332 g/mol. The summed E-state index contributed by atoms with van der Waals surface area (Å²) in [6.07, 6.45) is 2.94. The van der Waals surface area contributed by atoms with Crippen molar-refractivity contribution in [3.63, 3.8) is 0 Å². The molecule has 2 heterocycles. The minimum atomic E-state index is -1.47. The Morgan fingerprint density at radius 1 is 1.48 bits per heavy atom. The van der Waals surface area contributed by atoms with E-state index in [0.717, 1.165) is 30.2 Å². The smallest absolute Gasteiger partial charge is 0.227 e. The van der Waals surface area contributed by atoms with Gasteiger partial charge < -0.3 is 0 Å². The van der Waals surface area contributed by atoms with E-state index >= 15 is 0 Å². The average Bonchev–Trinajstić information content (AvgIpc) is 3.22. The van der Waals surface area contributed by atoms with Crippen LogP contribution in [0.1, 0.15) is 20.3 Å². The van der Waals surface area contributed by atoms with Gasteiger partial charge in [-0.05, 0) is 25.5 Å². The third-order valence-corrected chi connectivity index (χ3v) is 5.17. The van der Waals surface area contributed by atoms with Gasteiger partial charge in [0.05, 0.1) is 23.2 Å². The van der Waals surface area contributed by atoms with Crippen molar-refractivity contribution in [2.24, 2.45) is 16.0 Å². The molecule has 122 valence electrons. The van der Waals surface area contributed by atoms with Crippen LogP contribution in [-0.4, -0.2) is 43.2 Å². The van der Waals surface area contributed by atoms with E-state index in [1.807, 2.05) is 25.3 Å². The lowest BCUT2D eigenvalue weighted by molar-refractivity contribution is 0.431. The second kappa shape index (κ2) is 7.14. The van der Waals surface area contributed by atoms with Crippen LogP contribution in [0.2, 0.25) is 0 Å². The first-order valence-electron chi connectivity index (χ1n) is 7.48. The van der Waals surface area contributed by atoms with Gasteiger partial charge in [-0.3, -0.25) is 9.71 Å². The maximum absolute atomic E-state index is 12.7. The first-order valence-corrected chi connectivity index (χ1v) is 9.36. The van der Waals surface area contributed by atoms with Crippen LogP contribution in [0.3, 0.4) is 0 Å². The van der Waals surface area contributed by atoms with Crippen molar-refractivity contribution in [1.29, 1.82) is 0 Å². The quantitative estimate of drug-likeness (QED) is 0.675. The molecule has 1 N–H and O–H groups in total. The van der Waals surface area contributed by atoms with Gasteiger partial charge in [0.15, 0.2) is 11.0 Å². The van der Waals surface area contributed by atoms with Crippen molar-refractivity contribution >= 4 is 45.9 Å². The van der Waals surface area contributed by atoms with E-state index in [0.29, 0.717) is 28.8 Å². The van der Waals surface area contributed by atoms with Crippen molar-refractivity contribution < 1.29 is 4.21 Å². The molecule has 9 heteroatoms. The molecule has 0 saturated carbocycles. The van der Waals surface area contributed by atoms with Crippen molar-refractivity contribution in [1.82, 2.24) is 18.5 Å². The topological polar surface area (TPSA) is 82.8 Å². The van der Waals surface area contributed by atoms with Gasteiger partial charge in [0.2, 0.25) is 5.96 Å². The number of aromatic nitrogens is 2. The molecule has 0 bridgehead atoms. The zero-order valence-electron chi connectivity index (χ0n) is 13.0. The normalized spacial score (nSPS) is 19.5. The molecule has 3 rings (SSSR count). The van der Waals surface area contributed by atoms with Crippen LogP contribution < -0.4 is 4.72 Å². The second-order valence-corrected chi connectivity index (χ2v) is 6.78. The number of hydrogen-bond acceptors (Lipinski definition) is 6. The molecular formula is C14H18N6OS2. The number of nitrogens with zero attached hydrogens (tertiary/aromatic N) is 5. The summed E-state index contributed by atoms with van der Waals surface area (Å²) in [6, 6.07) is 5.48. The fourth-order valence-corrected chi connectivity index (χ4v) is 3.83. The summed E-state index contributed by atoms with van der Waals surface area (Å²) in [7, 11) is -1.47. The number of rotatable bonds is 4. The summed E-state index contributed by atoms with van der Waals surface area (Å²) in [4.78, 5) is 5.01. The van der Waals surface area contributed by atoms with Gasteiger partial charge >= 0.3 is 0 Å². The highest BCUT2D eigenvalue weighted by molar-refractivity contribution is 7.84. The van der Waals surface area contributed by atoms with Crippen molar-refractivity contribution in [3.8, 4) is 0 Å². The number of nitrogens with one attached hydrogen (secondary N) is 1. The number of hydrogen-bond donors (Lipinski definition) is 1. The maximum atomic E-state index is 12.7. The zero-order chi connectivity index (χ0) is 16.2. The molecule has 1 aliphatic rings. The Balaban J connectivity index is 1.81. The molecule has 1 aromatic carbocycles. The molecule has 2 aromatic rings. The Morgan fingerprint density at radius 3 is 3.09 bits per heavy atom. The van der Waals surface area contributed by atoms with Crippen LogP contribution in [0.4, 0.5) is 0 Å². The predicted octanol–water partition coefficient (Wildman–Crippen LogP) is 2.01. The van der Waals surface area contributed by atoms with Gasteiger partial charge in [-0.15, -0.1) is 0 Å². The average molecular weight is 350 g/mol. The molecule has 7 nitrogen and oxygen atoms in total. The molecule has 1 aromatic heterocycles. The van der Waals surface area contributed by atoms with Crippen LogP contribution in [0.25, 0.3) is 11.0 Å². The van der Waals surface area contributed by atoms with Crippen LogP contribution in [0.15, 0.2) is 33.2 Å². The maximum Gasteiger partial charge on any atom is 0.227 e. The molecule has 0 aliphatic carbocycles. The second-order valence-electron chi connectivity index (χ2n) is 5.07. The van der Waals surface area contributed by atoms with Gasteiger partial charge in [-0.2, -0.15) is 13.8 Å². The van der Waals surface area contributed by atoms with Gasteiger partial charge in [0, 0.05) is 18.7 Å². The van der Waals surface area contributed by atoms with E-state index in [4.69, 9.17) is 0 Å². The summed E-state index contributed by atoms with van der Waals surface area (Å²) in [5, 5.41) is 6.13. The van der Waals surface area contributed by atoms with Crippen LogP contribution >= 0.6 is 11.7 Å². The molecule has 2 unspecified atom stereocenters. The lowest BCUT2D eigenvalue weighted by Crippen LogP contribution is -2.39. The molecule has 2 atom stereocenters. The SMILES string of the molecule is CCN=C(NS(=O)c1cccc2nsnc12)N1CC(CC)C=N1. The number of benzene rings is 1. The summed E-state index contributed by atoms with van der Waals surface area (Å²) in [6.45, 7) is 5.40. The molecule has 0 radical (unpaired) electrons. The van der Waals surface area contributed by atoms with E-state index in [1.54, 1.807) is 11.1 Å². The minimum Gasteiger partial charge on any atom is -0.270 e. The zero-order valence-corrected chi connectivity index (χ0v) is 14.6. The lowest BCUT2D eigenvalue weighted by Gasteiger charge is -2.18. The molecule has 0 amide bonds. The fourth-order valence-electron chi connectivity index (χ4n) is 2.25. The highest BCUT2D eigenvalue weighted by Crippen LogP contribution is 2.19. The number of aliphatic imine (C=N–C) groups is 1. The first-order chi connectivity index (χ1) is 11.2. The Morgan fingerprint density at radius 2 is 2.35 bits per heavy atom. The Kier molecular flexibility index (Phi) is 4.97. The third-order valence-electron chi connectivity index (χ3n) is 3.53. The standard InChI is InChI=1S/C14H18N6OS2/c1-3-10-8-16-20(9-10)14(15-4-2)19-23(21)12-7-5-6-11-13(12)18-22-17-11/h5-8,10H,3-4,9H2,1-2H3,(H,15,19). The molecule has 0 saturated heterocycles. The van der Waals surface area contributed by atoms with Gasteiger partial charge in [0.25, 0.3) is 0 Å². The van der Waals surface area contributed by atoms with Crippen LogP contribution in [0, 0.1) is 5.92 Å². The summed E-state index contributed by atoms with van der Waals surface area (Å²) >= 11 is 1.12. The van der Waals surface area contributed by atoms with E-state index < -0.39 is 11.0 Å². The first kappa shape index (κ1) is 16.0. The highest BCUT2D eigenvalue weighted by Gasteiger charge is 2.22. The van der Waals surface area contributed by atoms with Gasteiger partial charge in [-0.1, -0.05) is 13.0 Å². The van der Waals surface area contributed by atoms with E-state index in [9.17, 15) is 4.21 Å². The number of fused-ring (bicyclic) bond motifs is 1. The summed E-state index contributed by atoms with van der Waals surface area (Å²) in [5.74, 6) is 0.927. The van der Waals surface area contributed by atoms with E-state index in [-0.39, 0.29) is 0 Å². The monoisotopic (exact) mass is 350 g/mol. The van der Waals surface area contributed by atoms with Crippen LogP contribution in [-0.2, 0) is 11.0 Å². The van der Waals surface area contributed by atoms with Crippen LogP contribution in [0.5, 0.6) is 0 Å². The molecule has 23 heavy (non-hydrogen) atoms. The van der Waals surface area contributed by atoms with Gasteiger partial charge in [-0.25, -0.2) is 9.22 Å². The Labute approximate surface area is 141 Å². The number of guanidine groups is 1. The van der Waals surface area contributed by atoms with Crippen molar-refractivity contribution in [2.45, 2.75) is 25.2 Å². The summed E-state index contributed by atoms with van der Waals surface area (Å²) in [5.41, 5.74) is 1.41. The number of hydrazone groups is 1. The molecule has 0 spiro atoms.